The minimum atomic E-state index is 0.245. The summed E-state index contributed by atoms with van der Waals surface area (Å²) in [5, 5.41) is 11.9. The zero-order valence-corrected chi connectivity index (χ0v) is 6.87. The molecule has 56 valence electrons. The van der Waals surface area contributed by atoms with Gasteiger partial charge in [0.2, 0.25) is 0 Å². The molecule has 1 unspecified atom stereocenters. The Bertz CT molecular complexity index is 55.0. The summed E-state index contributed by atoms with van der Waals surface area (Å²) in [6, 6.07) is 0.282. The Kier molecular flexibility index (Phi) is 6.58. The van der Waals surface area contributed by atoms with E-state index in [1.807, 2.05) is 13.2 Å². The van der Waals surface area contributed by atoms with Gasteiger partial charge >= 0.3 is 0 Å². The van der Waals surface area contributed by atoms with Crippen molar-refractivity contribution in [1.82, 2.24) is 5.32 Å². The fourth-order valence-electron chi connectivity index (χ4n) is 0.666. The van der Waals surface area contributed by atoms with E-state index in [9.17, 15) is 0 Å². The number of likely N-dealkylation sites (N-methyl/N-ethyl adjacent to an activating group) is 1. The maximum Gasteiger partial charge on any atom is 0.0592 e. The van der Waals surface area contributed by atoms with E-state index in [-0.39, 0.29) is 12.6 Å². The van der Waals surface area contributed by atoms with Gasteiger partial charge in [-0.15, -0.1) is 0 Å². The van der Waals surface area contributed by atoms with Crippen molar-refractivity contribution < 1.29 is 5.11 Å². The molecule has 0 saturated carbocycles. The molecule has 3 heteroatoms. The van der Waals surface area contributed by atoms with Gasteiger partial charge in [-0.3, -0.25) is 0 Å². The fourth-order valence-corrected chi connectivity index (χ4v) is 1.29. The molecule has 0 heterocycles. The first-order valence-corrected chi connectivity index (χ1v) is 4.57. The van der Waals surface area contributed by atoms with Crippen LogP contribution in [0.4, 0.5) is 0 Å². The van der Waals surface area contributed by atoms with Gasteiger partial charge in [-0.25, -0.2) is 0 Å². The van der Waals surface area contributed by atoms with Gasteiger partial charge in [-0.2, -0.15) is 11.8 Å². The Balaban J connectivity index is 3.18. The van der Waals surface area contributed by atoms with Gasteiger partial charge in [-0.1, -0.05) is 6.92 Å². The average molecular weight is 149 g/mol. The lowest BCUT2D eigenvalue weighted by molar-refractivity contribution is 0.256. The minimum Gasteiger partial charge on any atom is -0.395 e. The van der Waals surface area contributed by atoms with Crippen molar-refractivity contribution in [3.8, 4) is 0 Å². The molecular formula is C6H15NOS. The predicted molar refractivity (Wildman–Crippen MR) is 42.9 cm³/mol. The van der Waals surface area contributed by atoms with Gasteiger partial charge in [0.1, 0.15) is 0 Å². The van der Waals surface area contributed by atoms with Crippen molar-refractivity contribution in [3.63, 3.8) is 0 Å². The van der Waals surface area contributed by atoms with Crippen molar-refractivity contribution in [3.05, 3.63) is 0 Å². The summed E-state index contributed by atoms with van der Waals surface area (Å²) < 4.78 is 0. The van der Waals surface area contributed by atoms with Gasteiger partial charge in [0.15, 0.2) is 0 Å². The Hall–Kier alpha value is 0.270. The third-order valence-electron chi connectivity index (χ3n) is 1.08. The third-order valence-corrected chi connectivity index (χ3v) is 1.82. The quantitative estimate of drug-likeness (QED) is 0.590. The van der Waals surface area contributed by atoms with E-state index in [0.717, 1.165) is 12.3 Å². The number of hydrogen-bond acceptors (Lipinski definition) is 3. The second-order valence-electron chi connectivity index (χ2n) is 1.89. The van der Waals surface area contributed by atoms with E-state index in [1.165, 1.54) is 0 Å². The van der Waals surface area contributed by atoms with Crippen LogP contribution in [-0.2, 0) is 0 Å². The topological polar surface area (TPSA) is 32.3 Å². The summed E-state index contributed by atoms with van der Waals surface area (Å²) in [6.07, 6.45) is 2.04. The molecule has 0 bridgehead atoms. The van der Waals surface area contributed by atoms with Crippen LogP contribution >= 0.6 is 11.8 Å². The molecule has 0 fully saturated rings. The average Bonchev–Trinajstić information content (AvgIpc) is 1.88. The molecule has 0 spiro atoms. The zero-order valence-electron chi connectivity index (χ0n) is 6.05. The second-order valence-corrected chi connectivity index (χ2v) is 2.80. The Morgan fingerprint density at radius 3 is 2.67 bits per heavy atom. The van der Waals surface area contributed by atoms with Crippen molar-refractivity contribution in [2.45, 2.75) is 13.0 Å². The SMILES string of the molecule is CCNC(CO)CSC. The smallest absolute Gasteiger partial charge is 0.0592 e. The van der Waals surface area contributed by atoms with Crippen LogP contribution in [0, 0.1) is 0 Å². The highest BCUT2D eigenvalue weighted by Gasteiger charge is 2.01. The zero-order chi connectivity index (χ0) is 7.11. The van der Waals surface area contributed by atoms with Crippen LogP contribution in [0.15, 0.2) is 0 Å². The number of aliphatic hydroxyl groups excluding tert-OH is 1. The van der Waals surface area contributed by atoms with Gasteiger partial charge in [-0.05, 0) is 12.8 Å². The highest BCUT2D eigenvalue weighted by molar-refractivity contribution is 7.98. The fraction of sp³-hybridized carbons (Fsp3) is 1.00. The van der Waals surface area contributed by atoms with Gasteiger partial charge in [0.25, 0.3) is 0 Å². The molecular weight excluding hydrogens is 134 g/mol. The molecule has 0 aliphatic carbocycles. The van der Waals surface area contributed by atoms with E-state index in [2.05, 4.69) is 5.32 Å². The molecule has 0 aliphatic heterocycles. The van der Waals surface area contributed by atoms with E-state index < -0.39 is 0 Å². The lowest BCUT2D eigenvalue weighted by Gasteiger charge is -2.12. The first-order valence-electron chi connectivity index (χ1n) is 3.18. The van der Waals surface area contributed by atoms with E-state index in [4.69, 9.17) is 5.11 Å². The maximum absolute atomic E-state index is 8.71. The molecule has 0 aromatic heterocycles. The predicted octanol–water partition coefficient (Wildman–Crippen LogP) is 0.320. The molecule has 2 N–H and O–H groups in total. The standard InChI is InChI=1S/C6H15NOS/c1-3-7-6(4-8)5-9-2/h6-8H,3-5H2,1-2H3. The Labute approximate surface area is 61.0 Å². The van der Waals surface area contributed by atoms with Crippen molar-refractivity contribution in [2.24, 2.45) is 0 Å². The molecule has 9 heavy (non-hydrogen) atoms. The molecule has 0 saturated heterocycles. The van der Waals surface area contributed by atoms with Crippen LogP contribution in [0.25, 0.3) is 0 Å². The molecule has 0 aromatic carbocycles. The Morgan fingerprint density at radius 2 is 2.33 bits per heavy atom. The summed E-state index contributed by atoms with van der Waals surface area (Å²) >= 11 is 1.75. The normalized spacial score (nSPS) is 13.7. The first kappa shape index (κ1) is 9.27. The molecule has 1 atom stereocenters. The first-order chi connectivity index (χ1) is 4.35. The van der Waals surface area contributed by atoms with Crippen molar-refractivity contribution in [1.29, 1.82) is 0 Å². The van der Waals surface area contributed by atoms with Crippen molar-refractivity contribution >= 4 is 11.8 Å². The van der Waals surface area contributed by atoms with Crippen LogP contribution in [0.3, 0.4) is 0 Å². The highest BCUT2D eigenvalue weighted by atomic mass is 32.2. The maximum atomic E-state index is 8.71. The molecule has 0 aromatic rings. The van der Waals surface area contributed by atoms with E-state index in [1.54, 1.807) is 11.8 Å². The number of nitrogens with one attached hydrogen (secondary N) is 1. The van der Waals surface area contributed by atoms with Crippen molar-refractivity contribution in [2.75, 3.05) is 25.2 Å². The highest BCUT2D eigenvalue weighted by Crippen LogP contribution is 1.95. The van der Waals surface area contributed by atoms with Crippen LogP contribution in [0.1, 0.15) is 6.92 Å². The third kappa shape index (κ3) is 4.75. The van der Waals surface area contributed by atoms with Gasteiger partial charge in [0.05, 0.1) is 6.61 Å². The van der Waals surface area contributed by atoms with Crippen LogP contribution in [-0.4, -0.2) is 36.3 Å². The number of thioether (sulfide) groups is 1. The van der Waals surface area contributed by atoms with E-state index in [0.29, 0.717) is 0 Å². The monoisotopic (exact) mass is 149 g/mol. The van der Waals surface area contributed by atoms with Gasteiger partial charge in [0, 0.05) is 11.8 Å². The van der Waals surface area contributed by atoms with Crippen LogP contribution in [0.2, 0.25) is 0 Å². The molecule has 2 nitrogen and oxygen atoms in total. The van der Waals surface area contributed by atoms with Gasteiger partial charge < -0.3 is 10.4 Å². The number of hydrogen-bond donors (Lipinski definition) is 2. The molecule has 0 rings (SSSR count). The summed E-state index contributed by atoms with van der Waals surface area (Å²) in [4.78, 5) is 0. The van der Waals surface area contributed by atoms with E-state index >= 15 is 0 Å². The largest absolute Gasteiger partial charge is 0.395 e. The molecule has 0 aliphatic rings. The number of rotatable bonds is 5. The van der Waals surface area contributed by atoms with Crippen LogP contribution in [0.5, 0.6) is 0 Å². The summed E-state index contributed by atoms with van der Waals surface area (Å²) in [5.41, 5.74) is 0. The number of aliphatic hydroxyl groups is 1. The second kappa shape index (κ2) is 6.39. The summed E-state index contributed by atoms with van der Waals surface area (Å²) in [7, 11) is 0. The lowest BCUT2D eigenvalue weighted by atomic mass is 10.4. The molecule has 0 amide bonds. The minimum absolute atomic E-state index is 0.245. The molecule has 0 radical (unpaired) electrons. The summed E-state index contributed by atoms with van der Waals surface area (Å²) in [6.45, 7) is 3.23. The summed E-state index contributed by atoms with van der Waals surface area (Å²) in [5.74, 6) is 0.990. The lowest BCUT2D eigenvalue weighted by Crippen LogP contribution is -2.34. The Morgan fingerprint density at radius 1 is 1.67 bits per heavy atom. The van der Waals surface area contributed by atoms with Crippen LogP contribution < -0.4 is 5.32 Å².